The normalized spacial score (nSPS) is 17.2. The van der Waals surface area contributed by atoms with Crippen molar-refractivity contribution < 1.29 is 19.7 Å². The summed E-state index contributed by atoms with van der Waals surface area (Å²) in [5.41, 5.74) is 1.43. The number of aromatic hydroxyl groups is 2. The van der Waals surface area contributed by atoms with Gasteiger partial charge in [0.05, 0.1) is 0 Å². The fraction of sp³-hybridized carbons (Fsp3) is 0.550. The van der Waals surface area contributed by atoms with E-state index in [2.05, 4.69) is 6.58 Å². The maximum absolute atomic E-state index is 11.2. The monoisotopic (exact) mass is 332 g/mol. The molecule has 0 bridgehead atoms. The summed E-state index contributed by atoms with van der Waals surface area (Å²) in [5.74, 6) is -0.241. The smallest absolute Gasteiger partial charge is 0.333 e. The van der Waals surface area contributed by atoms with Crippen molar-refractivity contribution in [2.75, 3.05) is 0 Å². The van der Waals surface area contributed by atoms with Gasteiger partial charge in [0.1, 0.15) is 6.10 Å². The van der Waals surface area contributed by atoms with Gasteiger partial charge in [0.25, 0.3) is 0 Å². The van der Waals surface area contributed by atoms with Crippen LogP contribution in [-0.2, 0) is 16.0 Å². The van der Waals surface area contributed by atoms with Crippen LogP contribution in [0.25, 0.3) is 0 Å². The molecule has 1 aromatic carbocycles. The van der Waals surface area contributed by atoms with Gasteiger partial charge < -0.3 is 14.9 Å². The zero-order valence-corrected chi connectivity index (χ0v) is 14.3. The number of aryl methyl sites for hydroxylation is 1. The number of phenols is 2. The molecule has 0 aliphatic carbocycles. The Hall–Kier alpha value is -1.97. The van der Waals surface area contributed by atoms with Crippen LogP contribution in [0, 0.1) is 0 Å². The molecule has 0 spiro atoms. The Balaban J connectivity index is 1.45. The molecule has 1 heterocycles. The number of benzene rings is 1. The van der Waals surface area contributed by atoms with Gasteiger partial charge in [-0.05, 0) is 37.3 Å². The molecule has 0 aromatic heterocycles. The van der Waals surface area contributed by atoms with Crippen molar-refractivity contribution in [1.29, 1.82) is 0 Å². The van der Waals surface area contributed by atoms with Crippen molar-refractivity contribution in [2.45, 2.75) is 70.3 Å². The van der Waals surface area contributed by atoms with E-state index in [4.69, 9.17) is 4.74 Å². The molecule has 1 fully saturated rings. The first-order chi connectivity index (χ1) is 11.6. The summed E-state index contributed by atoms with van der Waals surface area (Å²) in [5, 5.41) is 19.2. The number of unbranched alkanes of at least 4 members (excludes halogenated alkanes) is 6. The molecule has 4 nitrogen and oxygen atoms in total. The van der Waals surface area contributed by atoms with E-state index in [1.54, 1.807) is 6.07 Å². The highest BCUT2D eigenvalue weighted by atomic mass is 16.5. The molecule has 0 amide bonds. The number of rotatable bonds is 10. The van der Waals surface area contributed by atoms with Crippen molar-refractivity contribution in [3.8, 4) is 11.5 Å². The van der Waals surface area contributed by atoms with E-state index in [0.29, 0.717) is 12.0 Å². The lowest BCUT2D eigenvalue weighted by atomic mass is 10.0. The van der Waals surface area contributed by atoms with Gasteiger partial charge in [-0.3, -0.25) is 0 Å². The fourth-order valence-electron chi connectivity index (χ4n) is 3.15. The lowest BCUT2D eigenvalue weighted by molar-refractivity contribution is -0.139. The van der Waals surface area contributed by atoms with Crippen molar-refractivity contribution >= 4 is 5.97 Å². The van der Waals surface area contributed by atoms with Gasteiger partial charge in [0.2, 0.25) is 0 Å². The number of cyclic esters (lactones) is 1. The summed E-state index contributed by atoms with van der Waals surface area (Å²) in [7, 11) is 0. The molecular weight excluding hydrogens is 304 g/mol. The zero-order chi connectivity index (χ0) is 17.4. The second-order valence-corrected chi connectivity index (χ2v) is 6.63. The molecule has 2 N–H and O–H groups in total. The van der Waals surface area contributed by atoms with Gasteiger partial charge in [-0.1, -0.05) is 50.8 Å². The van der Waals surface area contributed by atoms with Gasteiger partial charge in [-0.15, -0.1) is 0 Å². The minimum atomic E-state index is -0.224. The highest BCUT2D eigenvalue weighted by Gasteiger charge is 2.26. The minimum Gasteiger partial charge on any atom is -0.504 e. The van der Waals surface area contributed by atoms with E-state index >= 15 is 0 Å². The highest BCUT2D eigenvalue weighted by molar-refractivity contribution is 5.89. The number of ether oxygens (including phenoxy) is 1. The largest absolute Gasteiger partial charge is 0.504 e. The first kappa shape index (κ1) is 18.4. The van der Waals surface area contributed by atoms with Crippen LogP contribution in [0.1, 0.15) is 63.4 Å². The molecule has 1 saturated heterocycles. The van der Waals surface area contributed by atoms with Gasteiger partial charge in [0, 0.05) is 12.0 Å². The molecule has 4 heteroatoms. The number of esters is 1. The summed E-state index contributed by atoms with van der Waals surface area (Å²) < 4.78 is 5.22. The van der Waals surface area contributed by atoms with Gasteiger partial charge in [0.15, 0.2) is 11.5 Å². The van der Waals surface area contributed by atoms with E-state index in [1.165, 1.54) is 31.7 Å². The Morgan fingerprint density at radius 1 is 1.04 bits per heavy atom. The quantitative estimate of drug-likeness (QED) is 0.284. The van der Waals surface area contributed by atoms with Crippen molar-refractivity contribution in [2.24, 2.45) is 0 Å². The molecule has 1 aliphatic heterocycles. The maximum atomic E-state index is 11.2. The predicted molar refractivity (Wildman–Crippen MR) is 94.0 cm³/mol. The maximum Gasteiger partial charge on any atom is 0.333 e. The van der Waals surface area contributed by atoms with Gasteiger partial charge in [-0.25, -0.2) is 4.79 Å². The third-order valence-electron chi connectivity index (χ3n) is 4.61. The number of carbonyl (C=O) groups is 1. The van der Waals surface area contributed by atoms with Crippen molar-refractivity contribution in [3.63, 3.8) is 0 Å². The average Bonchev–Trinajstić information content (AvgIpc) is 2.88. The second-order valence-electron chi connectivity index (χ2n) is 6.63. The molecule has 2 rings (SSSR count). The van der Waals surface area contributed by atoms with Gasteiger partial charge in [-0.2, -0.15) is 0 Å². The number of hydrogen-bond donors (Lipinski definition) is 2. The van der Waals surface area contributed by atoms with Crippen molar-refractivity contribution in [3.05, 3.63) is 35.9 Å². The number of carbonyl (C=O) groups excluding carboxylic acids is 1. The van der Waals surface area contributed by atoms with Crippen LogP contribution in [0.3, 0.4) is 0 Å². The van der Waals surface area contributed by atoms with Crippen molar-refractivity contribution in [1.82, 2.24) is 0 Å². The molecule has 24 heavy (non-hydrogen) atoms. The molecule has 0 radical (unpaired) electrons. The summed E-state index contributed by atoms with van der Waals surface area (Å²) in [6.07, 6.45) is 10.5. The van der Waals surface area contributed by atoms with E-state index in [1.807, 2.05) is 6.07 Å². The molecule has 0 saturated carbocycles. The van der Waals surface area contributed by atoms with E-state index in [-0.39, 0.29) is 23.6 Å². The fourth-order valence-corrected chi connectivity index (χ4v) is 3.15. The molecule has 1 aliphatic rings. The predicted octanol–water partition coefficient (Wildman–Crippen LogP) is 4.63. The third-order valence-corrected chi connectivity index (χ3v) is 4.61. The van der Waals surface area contributed by atoms with Crippen LogP contribution in [0.15, 0.2) is 30.4 Å². The van der Waals surface area contributed by atoms with Crippen LogP contribution in [-0.4, -0.2) is 22.3 Å². The zero-order valence-electron chi connectivity index (χ0n) is 14.3. The Labute approximate surface area is 144 Å². The summed E-state index contributed by atoms with van der Waals surface area (Å²) in [4.78, 5) is 11.2. The first-order valence-corrected chi connectivity index (χ1v) is 8.96. The Morgan fingerprint density at radius 3 is 2.38 bits per heavy atom. The molecule has 132 valence electrons. The topological polar surface area (TPSA) is 66.8 Å². The Morgan fingerprint density at radius 2 is 1.71 bits per heavy atom. The SMILES string of the molecule is C=C1CC(CCCCCCCCCc2cccc(O)c2O)OC1=O. The summed E-state index contributed by atoms with van der Waals surface area (Å²) in [6, 6.07) is 5.13. The standard InChI is InChI=1S/C20H28O4/c1-15-14-17(24-20(15)23)12-8-6-4-2-3-5-7-10-16-11-9-13-18(21)19(16)22/h9,11,13,17,21-22H,1-8,10,12,14H2. The molecule has 1 aromatic rings. The highest BCUT2D eigenvalue weighted by Crippen LogP contribution is 2.29. The number of hydrogen-bond acceptors (Lipinski definition) is 4. The van der Waals surface area contributed by atoms with Crippen LogP contribution < -0.4 is 0 Å². The first-order valence-electron chi connectivity index (χ1n) is 8.96. The average molecular weight is 332 g/mol. The van der Waals surface area contributed by atoms with E-state index in [0.717, 1.165) is 37.7 Å². The third kappa shape index (κ3) is 5.59. The van der Waals surface area contributed by atoms with Crippen LogP contribution in [0.2, 0.25) is 0 Å². The molecule has 1 unspecified atom stereocenters. The summed E-state index contributed by atoms with van der Waals surface area (Å²) in [6.45, 7) is 3.70. The minimum absolute atomic E-state index is 0.0211. The van der Waals surface area contributed by atoms with E-state index in [9.17, 15) is 15.0 Å². The van der Waals surface area contributed by atoms with Crippen LogP contribution >= 0.6 is 0 Å². The van der Waals surface area contributed by atoms with Gasteiger partial charge >= 0.3 is 5.97 Å². The van der Waals surface area contributed by atoms with Crippen LogP contribution in [0.5, 0.6) is 11.5 Å². The summed E-state index contributed by atoms with van der Waals surface area (Å²) >= 11 is 0. The second kappa shape index (κ2) is 9.36. The molecular formula is C20H28O4. The lowest BCUT2D eigenvalue weighted by Crippen LogP contribution is -2.06. The van der Waals surface area contributed by atoms with Crippen LogP contribution in [0.4, 0.5) is 0 Å². The number of phenolic OH excluding ortho intramolecular Hbond substituents is 2. The Kier molecular flexibility index (Phi) is 7.16. The number of para-hydroxylation sites is 1. The van der Waals surface area contributed by atoms with E-state index < -0.39 is 0 Å². The lowest BCUT2D eigenvalue weighted by Gasteiger charge is -2.08. The Bertz CT molecular complexity index is 549. The molecule has 1 atom stereocenters.